The lowest BCUT2D eigenvalue weighted by Crippen LogP contribution is -2.52. The first kappa shape index (κ1) is 21.9. The van der Waals surface area contributed by atoms with Crippen LogP contribution >= 0.6 is 35.3 Å². The Morgan fingerprint density at radius 2 is 1.89 bits per heavy atom. The number of anilines is 1. The Morgan fingerprint density at radius 3 is 2.48 bits per heavy atom. The van der Waals surface area contributed by atoms with Crippen LogP contribution in [-0.4, -0.2) is 55.6 Å². The second kappa shape index (κ2) is 10.8. The second-order valence-corrected chi connectivity index (χ2v) is 7.76. The number of nitrogens with one attached hydrogen (secondary N) is 1. The lowest BCUT2D eigenvalue weighted by molar-refractivity contribution is 0.373. The normalized spacial score (nSPS) is 15.0. The molecular weight excluding hydrogens is 469 g/mol. The van der Waals surface area contributed by atoms with Crippen molar-refractivity contribution in [2.24, 2.45) is 4.99 Å². The number of piperazine rings is 1. The van der Waals surface area contributed by atoms with Crippen LogP contribution in [0.15, 0.2) is 40.7 Å². The molecule has 5 nitrogen and oxygen atoms in total. The summed E-state index contributed by atoms with van der Waals surface area (Å²) in [6, 6.07) is 10.6. The Balaban J connectivity index is 0.00000261. The lowest BCUT2D eigenvalue weighted by Gasteiger charge is -2.37. The van der Waals surface area contributed by atoms with Gasteiger partial charge in [-0.1, -0.05) is 32.0 Å². The van der Waals surface area contributed by atoms with Gasteiger partial charge in [-0.2, -0.15) is 0 Å². The molecular formula is C20H30IN5S. The fourth-order valence-electron chi connectivity index (χ4n) is 3.15. The number of halogens is 1. The van der Waals surface area contributed by atoms with Gasteiger partial charge in [0.25, 0.3) is 0 Å². The van der Waals surface area contributed by atoms with Crippen molar-refractivity contribution in [1.82, 2.24) is 15.2 Å². The highest BCUT2D eigenvalue weighted by Gasteiger charge is 2.19. The van der Waals surface area contributed by atoms with Crippen molar-refractivity contribution in [3.63, 3.8) is 0 Å². The minimum Gasteiger partial charge on any atom is -0.368 e. The van der Waals surface area contributed by atoms with Crippen molar-refractivity contribution >= 4 is 47.0 Å². The van der Waals surface area contributed by atoms with Gasteiger partial charge >= 0.3 is 0 Å². The number of thiazole rings is 1. The topological polar surface area (TPSA) is 43.8 Å². The van der Waals surface area contributed by atoms with Crippen LogP contribution in [0, 0.1) is 0 Å². The molecule has 3 rings (SSSR count). The van der Waals surface area contributed by atoms with Crippen molar-refractivity contribution in [3.8, 4) is 0 Å². The van der Waals surface area contributed by atoms with Gasteiger partial charge in [-0.05, 0) is 12.1 Å². The molecule has 27 heavy (non-hydrogen) atoms. The van der Waals surface area contributed by atoms with Gasteiger partial charge in [-0.25, -0.2) is 4.98 Å². The van der Waals surface area contributed by atoms with E-state index in [1.54, 1.807) is 11.3 Å². The van der Waals surface area contributed by atoms with E-state index in [-0.39, 0.29) is 24.0 Å². The zero-order chi connectivity index (χ0) is 18.4. The van der Waals surface area contributed by atoms with E-state index in [0.29, 0.717) is 5.92 Å². The smallest absolute Gasteiger partial charge is 0.193 e. The number of hydrogen-bond donors (Lipinski definition) is 1. The summed E-state index contributed by atoms with van der Waals surface area (Å²) in [4.78, 5) is 14.0. The summed E-state index contributed by atoms with van der Waals surface area (Å²) in [7, 11) is 1.87. The van der Waals surface area contributed by atoms with Crippen LogP contribution in [0.2, 0.25) is 0 Å². The summed E-state index contributed by atoms with van der Waals surface area (Å²) < 4.78 is 0. The number of guanidine groups is 1. The number of rotatable bonds is 5. The maximum absolute atomic E-state index is 4.71. The zero-order valence-electron chi connectivity index (χ0n) is 16.4. The van der Waals surface area contributed by atoms with Crippen molar-refractivity contribution in [2.45, 2.75) is 26.2 Å². The average molecular weight is 499 g/mol. The van der Waals surface area contributed by atoms with Gasteiger partial charge in [0, 0.05) is 63.2 Å². The Bertz CT molecular complexity index is 708. The Labute approximate surface area is 183 Å². The van der Waals surface area contributed by atoms with E-state index in [1.165, 1.54) is 16.4 Å². The largest absolute Gasteiger partial charge is 0.368 e. The van der Waals surface area contributed by atoms with Crippen LogP contribution in [0.5, 0.6) is 0 Å². The van der Waals surface area contributed by atoms with E-state index in [0.717, 1.165) is 45.1 Å². The van der Waals surface area contributed by atoms with E-state index in [9.17, 15) is 0 Å². The fourth-order valence-corrected chi connectivity index (χ4v) is 4.02. The Morgan fingerprint density at radius 1 is 1.19 bits per heavy atom. The Hall–Kier alpha value is -1.35. The number of hydrogen-bond acceptors (Lipinski definition) is 4. The molecule has 1 fully saturated rings. The predicted octanol–water partition coefficient (Wildman–Crippen LogP) is 3.82. The molecule has 2 aromatic rings. The molecule has 0 spiro atoms. The number of benzene rings is 1. The molecule has 0 radical (unpaired) electrons. The first-order valence-corrected chi connectivity index (χ1v) is 10.2. The Kier molecular flexibility index (Phi) is 8.82. The third-order valence-corrected chi connectivity index (χ3v) is 5.83. The summed E-state index contributed by atoms with van der Waals surface area (Å²) in [5.41, 5.74) is 2.48. The highest BCUT2D eigenvalue weighted by molar-refractivity contribution is 14.0. The van der Waals surface area contributed by atoms with Gasteiger partial charge in [0.1, 0.15) is 0 Å². The third kappa shape index (κ3) is 6.07. The summed E-state index contributed by atoms with van der Waals surface area (Å²) in [6.45, 7) is 9.27. The van der Waals surface area contributed by atoms with E-state index in [2.05, 4.69) is 69.7 Å². The fraction of sp³-hybridized carbons (Fsp3) is 0.500. The van der Waals surface area contributed by atoms with Gasteiger partial charge in [-0.15, -0.1) is 35.3 Å². The highest BCUT2D eigenvalue weighted by Crippen LogP contribution is 2.19. The summed E-state index contributed by atoms with van der Waals surface area (Å²) in [6.07, 6.45) is 0.937. The number of aromatic nitrogens is 1. The molecule has 0 bridgehead atoms. The van der Waals surface area contributed by atoms with Crippen molar-refractivity contribution < 1.29 is 0 Å². The SMILES string of the molecule is CN=C(NCCc1csc(C(C)C)n1)N1CCN(c2ccccc2)CC1.I. The molecule has 7 heteroatoms. The van der Waals surface area contributed by atoms with E-state index in [4.69, 9.17) is 4.98 Å². The van der Waals surface area contributed by atoms with E-state index in [1.807, 2.05) is 7.05 Å². The van der Waals surface area contributed by atoms with Crippen molar-refractivity contribution in [3.05, 3.63) is 46.4 Å². The minimum absolute atomic E-state index is 0. The maximum Gasteiger partial charge on any atom is 0.193 e. The van der Waals surface area contributed by atoms with Crippen LogP contribution in [-0.2, 0) is 6.42 Å². The van der Waals surface area contributed by atoms with Gasteiger partial charge in [0.2, 0.25) is 0 Å². The molecule has 148 valence electrons. The molecule has 1 aromatic carbocycles. The lowest BCUT2D eigenvalue weighted by atomic mass is 10.2. The number of nitrogens with zero attached hydrogens (tertiary/aromatic N) is 4. The predicted molar refractivity (Wildman–Crippen MR) is 127 cm³/mol. The summed E-state index contributed by atoms with van der Waals surface area (Å²) in [5.74, 6) is 1.51. The standard InChI is InChI=1S/C20H29N5S.HI/c1-16(2)19-23-17(15-26-19)9-10-22-20(21-3)25-13-11-24(12-14-25)18-7-5-4-6-8-18;/h4-8,15-16H,9-14H2,1-3H3,(H,21,22);1H. The van der Waals surface area contributed by atoms with Crippen LogP contribution in [0.1, 0.15) is 30.5 Å². The van der Waals surface area contributed by atoms with Crippen LogP contribution in [0.4, 0.5) is 5.69 Å². The van der Waals surface area contributed by atoms with E-state index < -0.39 is 0 Å². The van der Waals surface area contributed by atoms with Crippen LogP contribution < -0.4 is 10.2 Å². The van der Waals surface area contributed by atoms with Gasteiger partial charge in [0.05, 0.1) is 10.7 Å². The molecule has 1 aliphatic rings. The monoisotopic (exact) mass is 499 g/mol. The van der Waals surface area contributed by atoms with E-state index >= 15 is 0 Å². The summed E-state index contributed by atoms with van der Waals surface area (Å²) in [5, 5.41) is 6.91. The molecule has 0 unspecified atom stereocenters. The quantitative estimate of drug-likeness (QED) is 0.386. The van der Waals surface area contributed by atoms with Gasteiger partial charge in [-0.3, -0.25) is 4.99 Å². The maximum atomic E-state index is 4.71. The van der Waals surface area contributed by atoms with Crippen molar-refractivity contribution in [1.29, 1.82) is 0 Å². The highest BCUT2D eigenvalue weighted by atomic mass is 127. The average Bonchev–Trinajstić information content (AvgIpc) is 3.15. The first-order chi connectivity index (χ1) is 12.7. The van der Waals surface area contributed by atoms with Crippen molar-refractivity contribution in [2.75, 3.05) is 44.7 Å². The summed E-state index contributed by atoms with van der Waals surface area (Å²) >= 11 is 1.76. The molecule has 1 aliphatic heterocycles. The molecule has 0 saturated carbocycles. The number of para-hydroxylation sites is 1. The third-order valence-electron chi connectivity index (χ3n) is 4.64. The van der Waals surface area contributed by atoms with Gasteiger partial charge in [0.15, 0.2) is 5.96 Å². The van der Waals surface area contributed by atoms with Crippen LogP contribution in [0.3, 0.4) is 0 Å². The molecule has 0 atom stereocenters. The first-order valence-electron chi connectivity index (χ1n) is 9.37. The zero-order valence-corrected chi connectivity index (χ0v) is 19.5. The van der Waals surface area contributed by atoms with Gasteiger partial charge < -0.3 is 15.1 Å². The second-order valence-electron chi connectivity index (χ2n) is 6.87. The molecule has 1 aromatic heterocycles. The molecule has 0 amide bonds. The molecule has 1 saturated heterocycles. The minimum atomic E-state index is 0. The van der Waals surface area contributed by atoms with Crippen LogP contribution in [0.25, 0.3) is 0 Å². The molecule has 2 heterocycles. The number of aliphatic imine (C=N–C) groups is 1. The molecule has 1 N–H and O–H groups in total. The molecule has 0 aliphatic carbocycles.